The van der Waals surface area contributed by atoms with Crippen molar-refractivity contribution in [3.05, 3.63) is 18.6 Å². The van der Waals surface area contributed by atoms with Crippen LogP contribution in [0.15, 0.2) is 18.6 Å². The molecule has 1 aliphatic rings. The van der Waals surface area contributed by atoms with E-state index in [0.717, 1.165) is 12.2 Å². The normalized spacial score (nSPS) is 30.4. The van der Waals surface area contributed by atoms with Gasteiger partial charge in [-0.3, -0.25) is 0 Å². The quantitative estimate of drug-likeness (QED) is 0.654. The molecular weight excluding hydrogens is 194 g/mol. The van der Waals surface area contributed by atoms with Crippen LogP contribution in [0.1, 0.15) is 12.8 Å². The number of rotatable bonds is 3. The Kier molecular flexibility index (Phi) is 3.13. The van der Waals surface area contributed by atoms with E-state index in [0.29, 0.717) is 6.42 Å². The van der Waals surface area contributed by atoms with Gasteiger partial charge < -0.3 is 15.5 Å². The second kappa shape index (κ2) is 4.55. The molecule has 0 bridgehead atoms. The summed E-state index contributed by atoms with van der Waals surface area (Å²) in [5.41, 5.74) is 0. The number of nitrogens with zero attached hydrogens (tertiary/aromatic N) is 2. The zero-order valence-electron chi connectivity index (χ0n) is 8.37. The molecule has 1 saturated carbocycles. The standard InChI is InChI=1S/C10H15N3O2/c14-5-7-3-8(4-9(7)15)13-10-1-2-11-6-12-10/h1-2,6-9,14-15H,3-5H2,(H,11,12,13)/t7-,8-,9+/m1/s1. The van der Waals surface area contributed by atoms with E-state index < -0.39 is 6.10 Å². The molecule has 1 heterocycles. The Bertz CT molecular complexity index is 307. The monoisotopic (exact) mass is 209 g/mol. The molecule has 5 heteroatoms. The van der Waals surface area contributed by atoms with Crippen molar-refractivity contribution < 1.29 is 10.2 Å². The maximum atomic E-state index is 9.60. The van der Waals surface area contributed by atoms with E-state index in [-0.39, 0.29) is 18.6 Å². The Morgan fingerprint density at radius 1 is 1.47 bits per heavy atom. The molecule has 2 rings (SSSR count). The minimum Gasteiger partial charge on any atom is -0.396 e. The van der Waals surface area contributed by atoms with Gasteiger partial charge in [-0.15, -0.1) is 0 Å². The second-order valence-electron chi connectivity index (χ2n) is 3.92. The first-order valence-electron chi connectivity index (χ1n) is 5.11. The molecule has 1 aliphatic carbocycles. The first-order valence-corrected chi connectivity index (χ1v) is 5.11. The molecule has 3 atom stereocenters. The molecule has 0 unspecified atom stereocenters. The van der Waals surface area contributed by atoms with Gasteiger partial charge in [0.25, 0.3) is 0 Å². The average Bonchev–Trinajstić information content (AvgIpc) is 2.60. The number of aliphatic hydroxyl groups excluding tert-OH is 2. The van der Waals surface area contributed by atoms with Gasteiger partial charge in [0.15, 0.2) is 0 Å². The van der Waals surface area contributed by atoms with Crippen LogP contribution in [0.5, 0.6) is 0 Å². The van der Waals surface area contributed by atoms with Gasteiger partial charge in [-0.25, -0.2) is 9.97 Å². The van der Waals surface area contributed by atoms with E-state index in [1.54, 1.807) is 12.3 Å². The molecule has 82 valence electrons. The zero-order valence-corrected chi connectivity index (χ0v) is 8.37. The Morgan fingerprint density at radius 2 is 2.33 bits per heavy atom. The van der Waals surface area contributed by atoms with Crippen molar-refractivity contribution in [1.82, 2.24) is 9.97 Å². The van der Waals surface area contributed by atoms with Crippen LogP contribution in [0, 0.1) is 5.92 Å². The zero-order chi connectivity index (χ0) is 10.7. The molecule has 0 aliphatic heterocycles. The molecule has 5 nitrogen and oxygen atoms in total. The fraction of sp³-hybridized carbons (Fsp3) is 0.600. The molecule has 1 aromatic rings. The van der Waals surface area contributed by atoms with Crippen molar-refractivity contribution in [2.45, 2.75) is 25.0 Å². The van der Waals surface area contributed by atoms with Crippen molar-refractivity contribution in [3.63, 3.8) is 0 Å². The molecule has 1 aromatic heterocycles. The Labute approximate surface area is 88.2 Å². The molecule has 15 heavy (non-hydrogen) atoms. The van der Waals surface area contributed by atoms with Crippen LogP contribution in [-0.2, 0) is 0 Å². The number of hydrogen-bond acceptors (Lipinski definition) is 5. The topological polar surface area (TPSA) is 78.3 Å². The molecule has 0 amide bonds. The van der Waals surface area contributed by atoms with Crippen LogP contribution in [0.25, 0.3) is 0 Å². The first-order chi connectivity index (χ1) is 7.29. The van der Waals surface area contributed by atoms with E-state index in [4.69, 9.17) is 5.11 Å². The molecule has 1 fully saturated rings. The van der Waals surface area contributed by atoms with Gasteiger partial charge in [0.2, 0.25) is 0 Å². The van der Waals surface area contributed by atoms with Gasteiger partial charge in [0.1, 0.15) is 12.1 Å². The maximum Gasteiger partial charge on any atom is 0.129 e. The average molecular weight is 209 g/mol. The van der Waals surface area contributed by atoms with Crippen molar-refractivity contribution in [1.29, 1.82) is 0 Å². The van der Waals surface area contributed by atoms with Gasteiger partial charge in [0, 0.05) is 24.8 Å². The van der Waals surface area contributed by atoms with Crippen molar-refractivity contribution >= 4 is 5.82 Å². The van der Waals surface area contributed by atoms with Crippen molar-refractivity contribution in [3.8, 4) is 0 Å². The number of hydrogen-bond donors (Lipinski definition) is 3. The van der Waals surface area contributed by atoms with E-state index in [2.05, 4.69) is 15.3 Å². The molecule has 0 spiro atoms. The predicted molar refractivity (Wildman–Crippen MR) is 55.3 cm³/mol. The van der Waals surface area contributed by atoms with Gasteiger partial charge in [-0.2, -0.15) is 0 Å². The second-order valence-corrected chi connectivity index (χ2v) is 3.92. The van der Waals surface area contributed by atoms with E-state index in [1.165, 1.54) is 6.33 Å². The smallest absolute Gasteiger partial charge is 0.129 e. The summed E-state index contributed by atoms with van der Waals surface area (Å²) in [6.07, 6.45) is 4.19. The largest absolute Gasteiger partial charge is 0.396 e. The third kappa shape index (κ3) is 2.43. The van der Waals surface area contributed by atoms with Gasteiger partial charge in [-0.1, -0.05) is 0 Å². The summed E-state index contributed by atoms with van der Waals surface area (Å²) >= 11 is 0. The SMILES string of the molecule is OC[C@H]1C[C@@H](Nc2ccncn2)C[C@@H]1O. The summed E-state index contributed by atoms with van der Waals surface area (Å²) in [6.45, 7) is 0.0448. The van der Waals surface area contributed by atoms with Crippen molar-refractivity contribution in [2.24, 2.45) is 5.92 Å². The van der Waals surface area contributed by atoms with Crippen LogP contribution < -0.4 is 5.32 Å². The Morgan fingerprint density at radius 3 is 2.93 bits per heavy atom. The maximum absolute atomic E-state index is 9.60. The van der Waals surface area contributed by atoms with Crippen LogP contribution in [-0.4, -0.2) is 38.9 Å². The Balaban J connectivity index is 1.92. The number of anilines is 1. The fourth-order valence-electron chi connectivity index (χ4n) is 2.00. The Hall–Kier alpha value is -1.20. The summed E-state index contributed by atoms with van der Waals surface area (Å²) in [7, 11) is 0. The predicted octanol–water partition coefficient (Wildman–Crippen LogP) is 0.0203. The molecule has 0 aromatic carbocycles. The molecule has 0 saturated heterocycles. The number of aliphatic hydroxyl groups is 2. The number of nitrogens with one attached hydrogen (secondary N) is 1. The van der Waals surface area contributed by atoms with Gasteiger partial charge >= 0.3 is 0 Å². The lowest BCUT2D eigenvalue weighted by molar-refractivity contribution is 0.0908. The summed E-state index contributed by atoms with van der Waals surface area (Å²) in [5.74, 6) is 0.755. The first kappa shape index (κ1) is 10.3. The van der Waals surface area contributed by atoms with E-state index >= 15 is 0 Å². The third-order valence-electron chi connectivity index (χ3n) is 2.83. The highest BCUT2D eigenvalue weighted by Crippen LogP contribution is 2.27. The summed E-state index contributed by atoms with van der Waals surface area (Å²) < 4.78 is 0. The van der Waals surface area contributed by atoms with E-state index in [9.17, 15) is 5.11 Å². The highest BCUT2D eigenvalue weighted by Gasteiger charge is 2.32. The summed E-state index contributed by atoms with van der Waals surface area (Å²) in [5, 5.41) is 21.8. The highest BCUT2D eigenvalue weighted by atomic mass is 16.3. The summed E-state index contributed by atoms with van der Waals surface area (Å²) in [4.78, 5) is 7.88. The third-order valence-corrected chi connectivity index (χ3v) is 2.83. The fourth-order valence-corrected chi connectivity index (χ4v) is 2.00. The molecule has 3 N–H and O–H groups in total. The van der Waals surface area contributed by atoms with E-state index in [1.807, 2.05) is 0 Å². The lowest BCUT2D eigenvalue weighted by Gasteiger charge is -2.12. The van der Waals surface area contributed by atoms with Crippen LogP contribution >= 0.6 is 0 Å². The van der Waals surface area contributed by atoms with Gasteiger partial charge in [-0.05, 0) is 18.9 Å². The number of aromatic nitrogens is 2. The lowest BCUT2D eigenvalue weighted by Crippen LogP contribution is -2.17. The van der Waals surface area contributed by atoms with Gasteiger partial charge in [0.05, 0.1) is 6.10 Å². The van der Waals surface area contributed by atoms with Crippen LogP contribution in [0.3, 0.4) is 0 Å². The lowest BCUT2D eigenvalue weighted by atomic mass is 10.1. The highest BCUT2D eigenvalue weighted by molar-refractivity contribution is 5.33. The van der Waals surface area contributed by atoms with Crippen molar-refractivity contribution in [2.75, 3.05) is 11.9 Å². The summed E-state index contributed by atoms with van der Waals surface area (Å²) in [6, 6.07) is 1.98. The molecular formula is C10H15N3O2. The minimum absolute atomic E-state index is 0.00987. The van der Waals surface area contributed by atoms with Crippen LogP contribution in [0.2, 0.25) is 0 Å². The minimum atomic E-state index is -0.408. The van der Waals surface area contributed by atoms with Crippen LogP contribution in [0.4, 0.5) is 5.82 Å². The molecule has 0 radical (unpaired) electrons.